The Bertz CT molecular complexity index is 1580. The van der Waals surface area contributed by atoms with E-state index in [4.69, 9.17) is 23.2 Å². The summed E-state index contributed by atoms with van der Waals surface area (Å²) in [7, 11) is -3.63. The Morgan fingerprint density at radius 1 is 1.07 bits per heavy atom. The molecule has 230 valence electrons. The number of sulfonamides is 1. The molecule has 0 bridgehead atoms. The lowest BCUT2D eigenvalue weighted by Crippen LogP contribution is -2.59. The van der Waals surface area contributed by atoms with E-state index in [0.29, 0.717) is 29.0 Å². The molecule has 8 nitrogen and oxygen atoms in total. The number of amides is 1. The number of carbonyl (C=O) groups excluding carboxylic acids is 1. The highest BCUT2D eigenvalue weighted by Crippen LogP contribution is 2.49. The Morgan fingerprint density at radius 3 is 2.49 bits per heavy atom. The number of aliphatic hydroxyl groups is 1. The molecule has 2 heterocycles. The fraction of sp³-hybridized carbons (Fsp3) is 0.400. The van der Waals surface area contributed by atoms with Gasteiger partial charge in [-0.25, -0.2) is 13.1 Å². The van der Waals surface area contributed by atoms with E-state index in [1.54, 1.807) is 41.3 Å². The van der Waals surface area contributed by atoms with Crippen molar-refractivity contribution in [3.8, 4) is 0 Å². The second-order valence-corrected chi connectivity index (χ2v) is 13.7. The summed E-state index contributed by atoms with van der Waals surface area (Å²) >= 11 is 12.9. The number of carbonyl (C=O) groups is 1. The van der Waals surface area contributed by atoms with Crippen molar-refractivity contribution in [3.63, 3.8) is 0 Å². The summed E-state index contributed by atoms with van der Waals surface area (Å²) < 4.78 is 57.7. The van der Waals surface area contributed by atoms with Gasteiger partial charge in [0, 0.05) is 39.8 Å². The number of nitrogens with zero attached hydrogens (tertiary/aromatic N) is 2. The Balaban J connectivity index is 1.62. The van der Waals surface area contributed by atoms with Crippen molar-refractivity contribution < 1.29 is 27.1 Å². The van der Waals surface area contributed by atoms with E-state index in [-0.39, 0.29) is 16.5 Å². The van der Waals surface area contributed by atoms with E-state index in [2.05, 4.69) is 15.0 Å². The number of aliphatic hydroxyl groups excluding tert-OH is 1. The lowest BCUT2D eigenvalue weighted by Gasteiger charge is -2.50. The Labute approximate surface area is 259 Å². The fourth-order valence-electron chi connectivity index (χ4n) is 6.26. The quantitative estimate of drug-likeness (QED) is 0.273. The van der Waals surface area contributed by atoms with Crippen LogP contribution in [0.2, 0.25) is 10.0 Å². The van der Waals surface area contributed by atoms with Crippen LogP contribution in [-0.4, -0.2) is 60.4 Å². The largest absolute Gasteiger partial charge is 0.378 e. The van der Waals surface area contributed by atoms with E-state index in [0.717, 1.165) is 19.1 Å². The number of aromatic nitrogens is 1. The standard InChI is InChI=1S/C30H32Cl2F2N4O4S/c1-43(41,42)37-23-10-4-5-11-24(23)38-27(21-14-13-18(31)16-22(21)32)26(19-8-2-3-9-20(19)29(38)40)28(39)36-17-30(33,34)25-12-6-7-15-35-25/h2-3,6-9,12-16,23-24,26-28,36-37,39H,4-5,10-11,17H2,1H3/t23-,24-,26+,27-,28?/m0/s1. The van der Waals surface area contributed by atoms with Gasteiger partial charge >= 0.3 is 5.92 Å². The molecule has 0 spiro atoms. The van der Waals surface area contributed by atoms with Crippen LogP contribution in [0.3, 0.4) is 0 Å². The van der Waals surface area contributed by atoms with Crippen LogP contribution < -0.4 is 10.0 Å². The molecule has 1 aliphatic carbocycles. The maximum Gasteiger partial charge on any atom is 0.301 e. The van der Waals surface area contributed by atoms with Crippen LogP contribution in [0.5, 0.6) is 0 Å². The molecule has 1 aliphatic heterocycles. The van der Waals surface area contributed by atoms with Crippen molar-refractivity contribution in [3.05, 3.63) is 99.3 Å². The summed E-state index contributed by atoms with van der Waals surface area (Å²) in [6, 6.07) is 13.5. The summed E-state index contributed by atoms with van der Waals surface area (Å²) in [6.07, 6.45) is 3.23. The molecule has 1 saturated carbocycles. The zero-order valence-corrected chi connectivity index (χ0v) is 25.6. The second kappa shape index (κ2) is 12.7. The molecular weight excluding hydrogens is 621 g/mol. The van der Waals surface area contributed by atoms with E-state index in [1.807, 2.05) is 0 Å². The number of fused-ring (bicyclic) bond motifs is 1. The molecule has 1 unspecified atom stereocenters. The number of hydrogen-bond donors (Lipinski definition) is 3. The van der Waals surface area contributed by atoms with Crippen LogP contribution in [0.25, 0.3) is 0 Å². The van der Waals surface area contributed by atoms with Crippen LogP contribution in [0.1, 0.15) is 64.8 Å². The van der Waals surface area contributed by atoms with Crippen molar-refractivity contribution in [2.24, 2.45) is 0 Å². The molecule has 2 aliphatic rings. The normalized spacial score (nSPS) is 23.6. The minimum atomic E-state index is -3.63. The molecule has 1 amide bonds. The van der Waals surface area contributed by atoms with Crippen molar-refractivity contribution >= 4 is 39.1 Å². The van der Waals surface area contributed by atoms with E-state index in [9.17, 15) is 18.3 Å². The zero-order valence-electron chi connectivity index (χ0n) is 23.3. The summed E-state index contributed by atoms with van der Waals surface area (Å²) in [5, 5.41) is 14.8. The Kier molecular flexibility index (Phi) is 9.41. The fourth-order valence-corrected chi connectivity index (χ4v) is 7.61. The third-order valence-corrected chi connectivity index (χ3v) is 9.36. The Hall–Kier alpha value is -2.67. The van der Waals surface area contributed by atoms with Gasteiger partial charge in [-0.1, -0.05) is 66.4 Å². The number of pyridine rings is 1. The summed E-state index contributed by atoms with van der Waals surface area (Å²) in [5.74, 6) is -4.75. The lowest BCUT2D eigenvalue weighted by molar-refractivity contribution is -0.0355. The zero-order chi connectivity index (χ0) is 30.9. The highest BCUT2D eigenvalue weighted by atomic mass is 35.5. The van der Waals surface area contributed by atoms with Gasteiger partial charge in [-0.2, -0.15) is 8.78 Å². The van der Waals surface area contributed by atoms with Crippen LogP contribution in [0, 0.1) is 0 Å². The number of nitrogens with one attached hydrogen (secondary N) is 2. The molecule has 0 saturated heterocycles. The summed E-state index contributed by atoms with van der Waals surface area (Å²) in [4.78, 5) is 19.7. The van der Waals surface area contributed by atoms with E-state index in [1.165, 1.54) is 30.5 Å². The predicted octanol–water partition coefficient (Wildman–Crippen LogP) is 5.23. The molecule has 13 heteroatoms. The van der Waals surface area contributed by atoms with Crippen LogP contribution in [0.4, 0.5) is 8.78 Å². The first-order valence-electron chi connectivity index (χ1n) is 13.9. The van der Waals surface area contributed by atoms with Gasteiger partial charge in [0.2, 0.25) is 10.0 Å². The van der Waals surface area contributed by atoms with Gasteiger partial charge in [0.05, 0.1) is 18.8 Å². The first kappa shape index (κ1) is 31.7. The van der Waals surface area contributed by atoms with Gasteiger partial charge in [-0.3, -0.25) is 15.1 Å². The highest BCUT2D eigenvalue weighted by Gasteiger charge is 2.49. The minimum Gasteiger partial charge on any atom is -0.378 e. The molecule has 1 fully saturated rings. The minimum absolute atomic E-state index is 0.217. The molecule has 3 N–H and O–H groups in total. The summed E-state index contributed by atoms with van der Waals surface area (Å²) in [5.41, 5.74) is 0.726. The summed E-state index contributed by atoms with van der Waals surface area (Å²) in [6.45, 7) is -0.930. The van der Waals surface area contributed by atoms with Crippen molar-refractivity contribution in [1.29, 1.82) is 0 Å². The van der Waals surface area contributed by atoms with Crippen molar-refractivity contribution in [1.82, 2.24) is 19.9 Å². The van der Waals surface area contributed by atoms with Gasteiger partial charge in [0.1, 0.15) is 11.9 Å². The van der Waals surface area contributed by atoms with Gasteiger partial charge < -0.3 is 10.0 Å². The van der Waals surface area contributed by atoms with Gasteiger partial charge in [0.15, 0.2) is 0 Å². The van der Waals surface area contributed by atoms with E-state index < -0.39 is 58.5 Å². The molecule has 5 rings (SSSR count). The van der Waals surface area contributed by atoms with Gasteiger partial charge in [-0.15, -0.1) is 0 Å². The van der Waals surface area contributed by atoms with E-state index >= 15 is 8.78 Å². The predicted molar refractivity (Wildman–Crippen MR) is 161 cm³/mol. The smallest absolute Gasteiger partial charge is 0.301 e. The maximum atomic E-state index is 15.1. The molecular formula is C30H32Cl2F2N4O4S. The SMILES string of the molecule is CS(=O)(=O)N[C@H]1CCCC[C@@H]1N1C(=O)c2ccccc2[C@@H](C(O)NCC(F)(F)c2ccccn2)[C@@H]1c1ccc(Cl)cc1Cl. The molecule has 5 atom stereocenters. The third kappa shape index (κ3) is 6.87. The lowest BCUT2D eigenvalue weighted by atomic mass is 9.76. The molecule has 43 heavy (non-hydrogen) atoms. The number of halogens is 4. The monoisotopic (exact) mass is 652 g/mol. The second-order valence-electron chi connectivity index (χ2n) is 11.0. The number of benzene rings is 2. The third-order valence-electron chi connectivity index (χ3n) is 8.07. The Morgan fingerprint density at radius 2 is 1.79 bits per heavy atom. The maximum absolute atomic E-state index is 15.1. The van der Waals surface area contributed by atoms with Gasteiger partial charge in [0.25, 0.3) is 5.91 Å². The van der Waals surface area contributed by atoms with Gasteiger partial charge in [-0.05, 0) is 54.3 Å². The topological polar surface area (TPSA) is 112 Å². The van der Waals surface area contributed by atoms with Crippen molar-refractivity contribution in [2.75, 3.05) is 12.8 Å². The number of alkyl halides is 2. The molecule has 1 aromatic heterocycles. The number of rotatable bonds is 9. The molecule has 0 radical (unpaired) electrons. The average Bonchev–Trinajstić information content (AvgIpc) is 2.96. The van der Waals surface area contributed by atoms with Crippen LogP contribution in [-0.2, 0) is 15.9 Å². The highest BCUT2D eigenvalue weighted by molar-refractivity contribution is 7.88. The number of hydrogen-bond acceptors (Lipinski definition) is 6. The van der Waals surface area contributed by atoms with Crippen molar-refractivity contribution in [2.45, 2.75) is 61.9 Å². The average molecular weight is 654 g/mol. The van der Waals surface area contributed by atoms with Crippen LogP contribution >= 0.6 is 23.2 Å². The first-order chi connectivity index (χ1) is 20.4. The molecule has 3 aromatic rings. The first-order valence-corrected chi connectivity index (χ1v) is 16.6. The van der Waals surface area contributed by atoms with Crippen LogP contribution in [0.15, 0.2) is 66.9 Å². The molecule has 2 aromatic carbocycles.